The molecule has 0 aliphatic heterocycles. The van der Waals surface area contributed by atoms with Crippen molar-refractivity contribution in [2.45, 2.75) is 31.9 Å². The van der Waals surface area contributed by atoms with E-state index in [9.17, 15) is 8.42 Å². The van der Waals surface area contributed by atoms with Gasteiger partial charge in [-0.25, -0.2) is 12.7 Å². The van der Waals surface area contributed by atoms with Gasteiger partial charge >= 0.3 is 0 Å². The fourth-order valence-corrected chi connectivity index (χ4v) is 3.60. The van der Waals surface area contributed by atoms with Crippen LogP contribution in [0, 0.1) is 0 Å². The lowest BCUT2D eigenvalue weighted by Gasteiger charge is -2.17. The van der Waals surface area contributed by atoms with Gasteiger partial charge in [-0.05, 0) is 22.8 Å². The van der Waals surface area contributed by atoms with Gasteiger partial charge in [0.05, 0.1) is 5.75 Å². The molecule has 0 saturated heterocycles. The summed E-state index contributed by atoms with van der Waals surface area (Å²) in [4.78, 5) is 0. The summed E-state index contributed by atoms with van der Waals surface area (Å²) in [5.74, 6) is 0.0699. The third-order valence-corrected chi connectivity index (χ3v) is 5.54. The molecule has 0 saturated carbocycles. The molecule has 0 aliphatic carbocycles. The van der Waals surface area contributed by atoms with Crippen molar-refractivity contribution in [1.82, 2.24) is 4.31 Å². The number of hydrogen-bond donors (Lipinski definition) is 0. The van der Waals surface area contributed by atoms with Gasteiger partial charge in [-0.3, -0.25) is 0 Å². The summed E-state index contributed by atoms with van der Waals surface area (Å²) in [6.45, 7) is 2.72. The zero-order valence-corrected chi connectivity index (χ0v) is 13.6. The molecule has 2 aromatic rings. The lowest BCUT2D eigenvalue weighted by atomic mass is 10.1. The number of fused-ring (bicyclic) bond motifs is 1. The highest BCUT2D eigenvalue weighted by Crippen LogP contribution is 2.18. The molecule has 0 radical (unpaired) electrons. The molecule has 3 nitrogen and oxygen atoms in total. The molecule has 0 heterocycles. The first-order valence-electron chi connectivity index (χ1n) is 7.44. The largest absolute Gasteiger partial charge is 0.218 e. The molecule has 0 aliphatic rings. The van der Waals surface area contributed by atoms with Gasteiger partial charge in [0, 0.05) is 13.6 Å². The molecule has 0 N–H and O–H groups in total. The Hall–Kier alpha value is -1.39. The number of hydrogen-bond acceptors (Lipinski definition) is 2. The Balaban J connectivity index is 2.10. The first kappa shape index (κ1) is 16.0. The SMILES string of the molecule is CCCCCN(C)S(=O)(=O)Cc1ccc2ccccc2c1. The van der Waals surface area contributed by atoms with Gasteiger partial charge in [-0.1, -0.05) is 62.2 Å². The van der Waals surface area contributed by atoms with E-state index in [0.717, 1.165) is 35.6 Å². The summed E-state index contributed by atoms with van der Waals surface area (Å²) < 4.78 is 26.2. The van der Waals surface area contributed by atoms with Crippen LogP contribution in [0.15, 0.2) is 42.5 Å². The second-order valence-corrected chi connectivity index (χ2v) is 7.54. The number of sulfonamides is 1. The molecule has 4 heteroatoms. The molecule has 0 bridgehead atoms. The van der Waals surface area contributed by atoms with Gasteiger partial charge in [0.2, 0.25) is 10.0 Å². The molecule has 0 atom stereocenters. The van der Waals surface area contributed by atoms with E-state index in [1.54, 1.807) is 7.05 Å². The second kappa shape index (κ2) is 7.05. The van der Waals surface area contributed by atoms with E-state index in [4.69, 9.17) is 0 Å². The van der Waals surface area contributed by atoms with Crippen LogP contribution in [0.3, 0.4) is 0 Å². The average Bonchev–Trinajstić information content (AvgIpc) is 2.47. The predicted octanol–water partition coefficient (Wildman–Crippen LogP) is 3.79. The highest BCUT2D eigenvalue weighted by Gasteiger charge is 2.18. The minimum absolute atomic E-state index is 0.0699. The summed E-state index contributed by atoms with van der Waals surface area (Å²) in [6, 6.07) is 13.8. The number of rotatable bonds is 7. The van der Waals surface area contributed by atoms with Crippen molar-refractivity contribution in [2.75, 3.05) is 13.6 Å². The number of benzene rings is 2. The summed E-state index contributed by atoms with van der Waals surface area (Å²) in [5.41, 5.74) is 0.844. The van der Waals surface area contributed by atoms with Gasteiger partial charge in [-0.15, -0.1) is 0 Å². The molecule has 114 valence electrons. The van der Waals surface area contributed by atoms with Crippen molar-refractivity contribution in [1.29, 1.82) is 0 Å². The summed E-state index contributed by atoms with van der Waals surface area (Å²) in [6.07, 6.45) is 3.08. The Labute approximate surface area is 127 Å². The molecule has 2 aromatic carbocycles. The van der Waals surface area contributed by atoms with Crippen LogP contribution in [0.4, 0.5) is 0 Å². The topological polar surface area (TPSA) is 37.4 Å². The van der Waals surface area contributed by atoms with Gasteiger partial charge in [-0.2, -0.15) is 0 Å². The minimum atomic E-state index is -3.23. The predicted molar refractivity (Wildman–Crippen MR) is 88.7 cm³/mol. The van der Waals surface area contributed by atoms with Gasteiger partial charge in [0.25, 0.3) is 0 Å². The van der Waals surface area contributed by atoms with Crippen molar-refractivity contribution in [3.05, 3.63) is 48.0 Å². The van der Waals surface area contributed by atoms with Crippen LogP contribution in [-0.4, -0.2) is 26.3 Å². The zero-order valence-electron chi connectivity index (χ0n) is 12.7. The van der Waals surface area contributed by atoms with Gasteiger partial charge in [0.15, 0.2) is 0 Å². The molecule has 0 spiro atoms. The van der Waals surface area contributed by atoms with Crippen LogP contribution in [0.25, 0.3) is 10.8 Å². The van der Waals surface area contributed by atoms with Crippen LogP contribution in [0.5, 0.6) is 0 Å². The quantitative estimate of drug-likeness (QED) is 0.730. The minimum Gasteiger partial charge on any atom is -0.212 e. The number of nitrogens with zero attached hydrogens (tertiary/aromatic N) is 1. The maximum Gasteiger partial charge on any atom is 0.218 e. The molecule has 0 amide bonds. The third-order valence-electron chi connectivity index (χ3n) is 3.71. The van der Waals surface area contributed by atoms with Crippen molar-refractivity contribution in [3.63, 3.8) is 0 Å². The monoisotopic (exact) mass is 305 g/mol. The summed E-state index contributed by atoms with van der Waals surface area (Å²) in [5, 5.41) is 2.22. The smallest absolute Gasteiger partial charge is 0.212 e. The Morgan fingerprint density at radius 1 is 1.00 bits per heavy atom. The molecule has 0 aromatic heterocycles. The van der Waals surface area contributed by atoms with Crippen LogP contribution in [0.1, 0.15) is 31.7 Å². The van der Waals surface area contributed by atoms with E-state index in [2.05, 4.69) is 6.92 Å². The summed E-state index contributed by atoms with van der Waals surface area (Å²) >= 11 is 0. The molecule has 0 fully saturated rings. The molecular formula is C17H23NO2S. The van der Waals surface area contributed by atoms with E-state index in [-0.39, 0.29) is 5.75 Å². The van der Waals surface area contributed by atoms with E-state index in [1.807, 2.05) is 42.5 Å². The molecule has 0 unspecified atom stereocenters. The first-order chi connectivity index (χ1) is 10.0. The first-order valence-corrected chi connectivity index (χ1v) is 9.05. The van der Waals surface area contributed by atoms with Crippen LogP contribution >= 0.6 is 0 Å². The Morgan fingerprint density at radius 2 is 1.71 bits per heavy atom. The van der Waals surface area contributed by atoms with Crippen LogP contribution < -0.4 is 0 Å². The average molecular weight is 305 g/mol. The second-order valence-electron chi connectivity index (χ2n) is 5.47. The van der Waals surface area contributed by atoms with E-state index < -0.39 is 10.0 Å². The highest BCUT2D eigenvalue weighted by molar-refractivity contribution is 7.88. The standard InChI is InChI=1S/C17H23NO2S/c1-3-4-7-12-18(2)21(19,20)14-15-10-11-16-8-5-6-9-17(16)13-15/h5-6,8-11,13H,3-4,7,12,14H2,1-2H3. The third kappa shape index (κ3) is 4.29. The fraction of sp³-hybridized carbons (Fsp3) is 0.412. The number of unbranched alkanes of at least 4 members (excludes halogenated alkanes) is 2. The molecule has 2 rings (SSSR count). The zero-order chi connectivity index (χ0) is 15.3. The van der Waals surface area contributed by atoms with Crippen molar-refractivity contribution < 1.29 is 8.42 Å². The lowest BCUT2D eigenvalue weighted by Crippen LogP contribution is -2.29. The maximum atomic E-state index is 12.4. The van der Waals surface area contributed by atoms with Gasteiger partial charge in [0.1, 0.15) is 0 Å². The summed E-state index contributed by atoms with van der Waals surface area (Å²) in [7, 11) is -1.56. The normalized spacial score (nSPS) is 12.1. The Kier molecular flexibility index (Phi) is 5.37. The molecule has 21 heavy (non-hydrogen) atoms. The van der Waals surface area contributed by atoms with Crippen LogP contribution in [-0.2, 0) is 15.8 Å². The van der Waals surface area contributed by atoms with Crippen molar-refractivity contribution >= 4 is 20.8 Å². The Bertz CT molecular complexity index is 695. The fourth-order valence-electron chi connectivity index (χ4n) is 2.37. The van der Waals surface area contributed by atoms with Crippen LogP contribution in [0.2, 0.25) is 0 Å². The maximum absolute atomic E-state index is 12.4. The lowest BCUT2D eigenvalue weighted by molar-refractivity contribution is 0.453. The van der Waals surface area contributed by atoms with Crippen molar-refractivity contribution in [2.24, 2.45) is 0 Å². The molecular weight excluding hydrogens is 282 g/mol. The highest BCUT2D eigenvalue weighted by atomic mass is 32.2. The van der Waals surface area contributed by atoms with Crippen molar-refractivity contribution in [3.8, 4) is 0 Å². The van der Waals surface area contributed by atoms with E-state index >= 15 is 0 Å². The Morgan fingerprint density at radius 3 is 2.43 bits per heavy atom. The van der Waals surface area contributed by atoms with E-state index in [1.165, 1.54) is 4.31 Å². The van der Waals surface area contributed by atoms with E-state index in [0.29, 0.717) is 6.54 Å². The van der Waals surface area contributed by atoms with Gasteiger partial charge < -0.3 is 0 Å².